The van der Waals surface area contributed by atoms with Gasteiger partial charge in [-0.25, -0.2) is 8.78 Å². The summed E-state index contributed by atoms with van der Waals surface area (Å²) in [5.74, 6) is -0.376. The van der Waals surface area contributed by atoms with Crippen LogP contribution in [0.5, 0.6) is 23.0 Å². The number of amides is 1. The molecular formula is C27H25F2NO5. The van der Waals surface area contributed by atoms with Gasteiger partial charge in [0.15, 0.2) is 23.1 Å². The van der Waals surface area contributed by atoms with Gasteiger partial charge in [-0.15, -0.1) is 0 Å². The average molecular weight is 481 g/mol. The average Bonchev–Trinajstić information content (AvgIpc) is 2.87. The lowest BCUT2D eigenvalue weighted by Crippen LogP contribution is -2.09. The molecule has 1 N–H and O–H groups in total. The van der Waals surface area contributed by atoms with Gasteiger partial charge in [0.05, 0.1) is 34.1 Å². The number of nitrogens with one attached hydrogen (secondary N) is 1. The Balaban J connectivity index is 1.81. The van der Waals surface area contributed by atoms with Crippen molar-refractivity contribution >= 4 is 29.8 Å². The lowest BCUT2D eigenvalue weighted by atomic mass is 10.1. The SMILES string of the molecule is COc1ccc(/C=C/c2cc(OC)c(OC)c(OC)c2)cc1NC(=O)/C=C/c1ccc(F)c(F)c1. The number of carbonyl (C=O) groups is 1. The van der Waals surface area contributed by atoms with Crippen molar-refractivity contribution in [2.75, 3.05) is 33.8 Å². The predicted octanol–water partition coefficient (Wildman–Crippen LogP) is 5.82. The first-order chi connectivity index (χ1) is 16.9. The van der Waals surface area contributed by atoms with Crippen LogP contribution in [0, 0.1) is 11.6 Å². The first-order valence-corrected chi connectivity index (χ1v) is 10.5. The molecule has 0 fully saturated rings. The largest absolute Gasteiger partial charge is 0.495 e. The Labute approximate surface area is 202 Å². The number of benzene rings is 3. The van der Waals surface area contributed by atoms with Crippen LogP contribution in [0.4, 0.5) is 14.5 Å². The minimum Gasteiger partial charge on any atom is -0.495 e. The van der Waals surface area contributed by atoms with Crippen molar-refractivity contribution < 1.29 is 32.5 Å². The van der Waals surface area contributed by atoms with Crippen molar-refractivity contribution in [3.63, 3.8) is 0 Å². The predicted molar refractivity (Wildman–Crippen MR) is 132 cm³/mol. The molecule has 3 aromatic rings. The summed E-state index contributed by atoms with van der Waals surface area (Å²) >= 11 is 0. The fraction of sp³-hybridized carbons (Fsp3) is 0.148. The van der Waals surface area contributed by atoms with Crippen molar-refractivity contribution in [2.45, 2.75) is 0 Å². The van der Waals surface area contributed by atoms with Gasteiger partial charge < -0.3 is 24.3 Å². The Morgan fingerprint density at radius 3 is 1.89 bits per heavy atom. The molecule has 0 saturated heterocycles. The zero-order valence-corrected chi connectivity index (χ0v) is 19.7. The molecule has 6 nitrogen and oxygen atoms in total. The van der Waals surface area contributed by atoms with Crippen molar-refractivity contribution in [3.8, 4) is 23.0 Å². The summed E-state index contributed by atoms with van der Waals surface area (Å²) in [7, 11) is 6.12. The van der Waals surface area contributed by atoms with E-state index in [1.165, 1.54) is 32.4 Å². The molecule has 0 aliphatic heterocycles. The molecule has 0 spiro atoms. The molecule has 3 rings (SSSR count). The van der Waals surface area contributed by atoms with Gasteiger partial charge in [0, 0.05) is 6.08 Å². The van der Waals surface area contributed by atoms with E-state index in [-0.39, 0.29) is 0 Å². The molecule has 0 bridgehead atoms. The van der Waals surface area contributed by atoms with E-state index in [1.54, 1.807) is 26.4 Å². The second-order valence-electron chi connectivity index (χ2n) is 7.25. The van der Waals surface area contributed by atoms with Crippen LogP contribution >= 0.6 is 0 Å². The molecule has 8 heteroatoms. The summed E-state index contributed by atoms with van der Waals surface area (Å²) in [6, 6.07) is 12.3. The van der Waals surface area contributed by atoms with Crippen LogP contribution in [-0.4, -0.2) is 34.3 Å². The van der Waals surface area contributed by atoms with Gasteiger partial charge in [0.2, 0.25) is 11.7 Å². The van der Waals surface area contributed by atoms with E-state index in [9.17, 15) is 13.6 Å². The van der Waals surface area contributed by atoms with Gasteiger partial charge in [-0.3, -0.25) is 4.79 Å². The number of carbonyl (C=O) groups excluding carboxylic acids is 1. The van der Waals surface area contributed by atoms with Gasteiger partial charge in [0.25, 0.3) is 0 Å². The highest BCUT2D eigenvalue weighted by Crippen LogP contribution is 2.38. The number of methoxy groups -OCH3 is 4. The molecule has 0 aromatic heterocycles. The van der Waals surface area contributed by atoms with Gasteiger partial charge in [-0.1, -0.05) is 24.3 Å². The number of rotatable bonds is 9. The van der Waals surface area contributed by atoms with E-state index in [0.29, 0.717) is 34.2 Å². The Morgan fingerprint density at radius 1 is 0.686 bits per heavy atom. The summed E-state index contributed by atoms with van der Waals surface area (Å²) in [6.07, 6.45) is 6.33. The third-order valence-electron chi connectivity index (χ3n) is 5.01. The molecule has 1 amide bonds. The van der Waals surface area contributed by atoms with Crippen LogP contribution in [0.25, 0.3) is 18.2 Å². The van der Waals surface area contributed by atoms with Crippen molar-refractivity contribution in [1.82, 2.24) is 0 Å². The topological polar surface area (TPSA) is 66.0 Å². The fourth-order valence-corrected chi connectivity index (χ4v) is 3.28. The van der Waals surface area contributed by atoms with Gasteiger partial charge >= 0.3 is 0 Å². The van der Waals surface area contributed by atoms with E-state index < -0.39 is 17.5 Å². The molecule has 35 heavy (non-hydrogen) atoms. The van der Waals surface area contributed by atoms with Gasteiger partial charge in [0.1, 0.15) is 5.75 Å². The van der Waals surface area contributed by atoms with Gasteiger partial charge in [-0.05, 0) is 59.2 Å². The summed E-state index contributed by atoms with van der Waals surface area (Å²) < 4.78 is 47.9. The van der Waals surface area contributed by atoms with Crippen LogP contribution in [-0.2, 0) is 4.79 Å². The Bertz CT molecular complexity index is 1250. The molecule has 0 atom stereocenters. The third-order valence-corrected chi connectivity index (χ3v) is 5.01. The van der Waals surface area contributed by atoms with Crippen LogP contribution in [0.3, 0.4) is 0 Å². The fourth-order valence-electron chi connectivity index (χ4n) is 3.28. The first-order valence-electron chi connectivity index (χ1n) is 10.5. The smallest absolute Gasteiger partial charge is 0.248 e. The molecule has 0 unspecified atom stereocenters. The maximum absolute atomic E-state index is 13.4. The lowest BCUT2D eigenvalue weighted by Gasteiger charge is -2.13. The van der Waals surface area contributed by atoms with E-state index in [1.807, 2.05) is 30.4 Å². The molecule has 0 aliphatic rings. The van der Waals surface area contributed by atoms with E-state index in [0.717, 1.165) is 23.3 Å². The van der Waals surface area contributed by atoms with E-state index in [2.05, 4.69) is 5.32 Å². The molecule has 0 radical (unpaired) electrons. The normalized spacial score (nSPS) is 11.0. The number of hydrogen-bond acceptors (Lipinski definition) is 5. The molecule has 0 heterocycles. The van der Waals surface area contributed by atoms with Gasteiger partial charge in [-0.2, -0.15) is 0 Å². The van der Waals surface area contributed by atoms with Crippen LogP contribution in [0.2, 0.25) is 0 Å². The summed E-state index contributed by atoms with van der Waals surface area (Å²) in [4.78, 5) is 12.4. The Hall–Kier alpha value is -4.33. The summed E-state index contributed by atoms with van der Waals surface area (Å²) in [5.41, 5.74) is 2.40. The zero-order chi connectivity index (χ0) is 25.4. The standard InChI is InChI=1S/C27H25F2NO5/c1-32-23-11-8-18(5-6-19-15-24(33-2)27(35-4)25(16-19)34-3)14-22(23)30-26(31)12-9-17-7-10-20(28)21(29)13-17/h5-16H,1-4H3,(H,30,31)/b6-5+,12-9+. The number of ether oxygens (including phenoxy) is 4. The summed E-state index contributed by atoms with van der Waals surface area (Å²) in [5, 5.41) is 2.74. The molecule has 182 valence electrons. The third kappa shape index (κ3) is 6.38. The first kappa shape index (κ1) is 25.3. The number of anilines is 1. The van der Waals surface area contributed by atoms with Crippen molar-refractivity contribution in [1.29, 1.82) is 0 Å². The van der Waals surface area contributed by atoms with Crippen LogP contribution in [0.1, 0.15) is 16.7 Å². The lowest BCUT2D eigenvalue weighted by molar-refractivity contribution is -0.111. The maximum Gasteiger partial charge on any atom is 0.248 e. The second-order valence-corrected chi connectivity index (χ2v) is 7.25. The molecular weight excluding hydrogens is 456 g/mol. The Morgan fingerprint density at radius 2 is 1.29 bits per heavy atom. The van der Waals surface area contributed by atoms with E-state index in [4.69, 9.17) is 18.9 Å². The highest BCUT2D eigenvalue weighted by Gasteiger charge is 2.12. The summed E-state index contributed by atoms with van der Waals surface area (Å²) in [6.45, 7) is 0. The molecule has 0 aliphatic carbocycles. The monoisotopic (exact) mass is 481 g/mol. The second kappa shape index (κ2) is 11.7. The zero-order valence-electron chi connectivity index (χ0n) is 19.7. The minimum atomic E-state index is -0.985. The maximum atomic E-state index is 13.4. The number of hydrogen-bond donors (Lipinski definition) is 1. The minimum absolute atomic E-state index is 0.355. The highest BCUT2D eigenvalue weighted by atomic mass is 19.2. The van der Waals surface area contributed by atoms with E-state index >= 15 is 0 Å². The Kier molecular flexibility index (Phi) is 8.45. The van der Waals surface area contributed by atoms with Crippen LogP contribution < -0.4 is 24.3 Å². The number of halogens is 2. The molecule has 0 saturated carbocycles. The molecule has 3 aromatic carbocycles. The van der Waals surface area contributed by atoms with Crippen molar-refractivity contribution in [3.05, 3.63) is 82.9 Å². The van der Waals surface area contributed by atoms with Crippen LogP contribution in [0.15, 0.2) is 54.6 Å². The van der Waals surface area contributed by atoms with Crippen molar-refractivity contribution in [2.24, 2.45) is 0 Å². The highest BCUT2D eigenvalue weighted by molar-refractivity contribution is 6.03. The quantitative estimate of drug-likeness (QED) is 0.308.